The molecule has 0 aromatic heterocycles. The van der Waals surface area contributed by atoms with Gasteiger partial charge in [-0.1, -0.05) is 62.4 Å². The molecule has 2 aliphatic carbocycles. The second-order valence-electron chi connectivity index (χ2n) is 6.04. The molecule has 3 rings (SSSR count). The molecule has 0 saturated heterocycles. The number of rotatable bonds is 0. The van der Waals surface area contributed by atoms with Crippen LogP contribution in [0.25, 0.3) is 0 Å². The van der Waals surface area contributed by atoms with Crippen LogP contribution in [-0.2, 0) is 12.8 Å². The first-order valence-corrected chi connectivity index (χ1v) is 6.59. The van der Waals surface area contributed by atoms with Crippen molar-refractivity contribution in [2.75, 3.05) is 0 Å². The van der Waals surface area contributed by atoms with Gasteiger partial charge in [-0.2, -0.15) is 0 Å². The first-order chi connectivity index (χ1) is 8.14. The van der Waals surface area contributed by atoms with Gasteiger partial charge >= 0.3 is 0 Å². The maximum absolute atomic E-state index is 2.45. The SMILES string of the molecule is CC1(C)C=CC2Cc3ccccc3CC2C=C1. The molecular formula is C17H20. The number of fused-ring (bicyclic) bond motifs is 2. The maximum atomic E-state index is 2.45. The van der Waals surface area contributed by atoms with Crippen LogP contribution in [-0.4, -0.2) is 0 Å². The third-order valence-corrected chi connectivity index (χ3v) is 4.13. The summed E-state index contributed by atoms with van der Waals surface area (Å²) in [6.07, 6.45) is 12.1. The van der Waals surface area contributed by atoms with E-state index >= 15 is 0 Å². The van der Waals surface area contributed by atoms with E-state index in [1.54, 1.807) is 11.1 Å². The average Bonchev–Trinajstić information content (AvgIpc) is 2.47. The van der Waals surface area contributed by atoms with E-state index in [0.717, 1.165) is 0 Å². The molecule has 88 valence electrons. The van der Waals surface area contributed by atoms with Crippen LogP contribution >= 0.6 is 0 Å². The summed E-state index contributed by atoms with van der Waals surface area (Å²) >= 11 is 0. The topological polar surface area (TPSA) is 0 Å². The van der Waals surface area contributed by atoms with Crippen molar-refractivity contribution in [1.29, 1.82) is 0 Å². The van der Waals surface area contributed by atoms with Crippen LogP contribution in [0.5, 0.6) is 0 Å². The van der Waals surface area contributed by atoms with Crippen molar-refractivity contribution >= 4 is 0 Å². The Labute approximate surface area is 104 Å². The van der Waals surface area contributed by atoms with Gasteiger partial charge in [0.15, 0.2) is 0 Å². The van der Waals surface area contributed by atoms with E-state index < -0.39 is 0 Å². The zero-order chi connectivity index (χ0) is 11.9. The number of benzene rings is 1. The Morgan fingerprint density at radius 1 is 0.882 bits per heavy atom. The molecule has 0 spiro atoms. The Bertz CT molecular complexity index is 434. The summed E-state index contributed by atoms with van der Waals surface area (Å²) in [6, 6.07) is 8.91. The highest BCUT2D eigenvalue weighted by Gasteiger charge is 2.27. The highest BCUT2D eigenvalue weighted by molar-refractivity contribution is 5.33. The first kappa shape index (κ1) is 10.8. The Hall–Kier alpha value is -1.30. The molecule has 0 N–H and O–H groups in total. The van der Waals surface area contributed by atoms with Crippen molar-refractivity contribution < 1.29 is 0 Å². The average molecular weight is 224 g/mol. The van der Waals surface area contributed by atoms with Gasteiger partial charge in [0.25, 0.3) is 0 Å². The van der Waals surface area contributed by atoms with Crippen LogP contribution in [0.3, 0.4) is 0 Å². The second kappa shape index (κ2) is 3.87. The number of hydrogen-bond acceptors (Lipinski definition) is 0. The second-order valence-corrected chi connectivity index (χ2v) is 6.04. The van der Waals surface area contributed by atoms with Crippen LogP contribution in [0.2, 0.25) is 0 Å². The van der Waals surface area contributed by atoms with Gasteiger partial charge < -0.3 is 0 Å². The Balaban J connectivity index is 1.96. The molecular weight excluding hydrogens is 204 g/mol. The molecule has 1 aromatic rings. The molecule has 2 aliphatic rings. The fourth-order valence-electron chi connectivity index (χ4n) is 2.99. The first-order valence-electron chi connectivity index (χ1n) is 6.59. The molecule has 2 atom stereocenters. The van der Waals surface area contributed by atoms with E-state index in [-0.39, 0.29) is 5.41 Å². The molecule has 1 aromatic carbocycles. The van der Waals surface area contributed by atoms with Crippen molar-refractivity contribution in [3.8, 4) is 0 Å². The largest absolute Gasteiger partial charge is 0.0836 e. The van der Waals surface area contributed by atoms with Gasteiger partial charge in [-0.3, -0.25) is 0 Å². The van der Waals surface area contributed by atoms with Gasteiger partial charge in [-0.15, -0.1) is 0 Å². The molecule has 0 heterocycles. The lowest BCUT2D eigenvalue weighted by atomic mass is 9.76. The van der Waals surface area contributed by atoms with Crippen LogP contribution in [0.1, 0.15) is 25.0 Å². The summed E-state index contributed by atoms with van der Waals surface area (Å²) in [6.45, 7) is 4.56. The van der Waals surface area contributed by atoms with Gasteiger partial charge in [0, 0.05) is 5.41 Å². The molecule has 0 fully saturated rings. The predicted octanol–water partition coefficient (Wildman–Crippen LogP) is 4.17. The van der Waals surface area contributed by atoms with E-state index in [4.69, 9.17) is 0 Å². The Morgan fingerprint density at radius 2 is 1.35 bits per heavy atom. The van der Waals surface area contributed by atoms with Crippen molar-refractivity contribution in [3.05, 3.63) is 59.7 Å². The Kier molecular flexibility index (Phi) is 2.47. The smallest absolute Gasteiger partial charge is 0.000461 e. The van der Waals surface area contributed by atoms with Gasteiger partial charge in [0.05, 0.1) is 0 Å². The molecule has 2 unspecified atom stereocenters. The summed E-state index contributed by atoms with van der Waals surface area (Å²) < 4.78 is 0. The van der Waals surface area contributed by atoms with Crippen LogP contribution in [0, 0.1) is 17.3 Å². The fraction of sp³-hybridized carbons (Fsp3) is 0.412. The van der Waals surface area contributed by atoms with Crippen molar-refractivity contribution in [1.82, 2.24) is 0 Å². The summed E-state index contributed by atoms with van der Waals surface area (Å²) in [5, 5.41) is 0. The lowest BCUT2D eigenvalue weighted by Crippen LogP contribution is -2.22. The maximum Gasteiger partial charge on any atom is 0.000461 e. The summed E-state index contributed by atoms with van der Waals surface area (Å²) in [7, 11) is 0. The normalized spacial score (nSPS) is 29.3. The minimum absolute atomic E-state index is 0.226. The predicted molar refractivity (Wildman–Crippen MR) is 72.9 cm³/mol. The molecule has 17 heavy (non-hydrogen) atoms. The van der Waals surface area contributed by atoms with Crippen molar-refractivity contribution in [2.45, 2.75) is 26.7 Å². The van der Waals surface area contributed by atoms with E-state index in [1.165, 1.54) is 12.8 Å². The van der Waals surface area contributed by atoms with Crippen LogP contribution in [0.4, 0.5) is 0 Å². The lowest BCUT2D eigenvalue weighted by molar-refractivity contribution is 0.443. The van der Waals surface area contributed by atoms with Crippen LogP contribution < -0.4 is 0 Å². The van der Waals surface area contributed by atoms with E-state index in [9.17, 15) is 0 Å². The van der Waals surface area contributed by atoms with Gasteiger partial charge in [0.2, 0.25) is 0 Å². The third-order valence-electron chi connectivity index (χ3n) is 4.13. The van der Waals surface area contributed by atoms with E-state index in [2.05, 4.69) is 62.4 Å². The molecule has 0 radical (unpaired) electrons. The number of allylic oxidation sites excluding steroid dienone is 4. The molecule has 0 saturated carbocycles. The third kappa shape index (κ3) is 2.09. The van der Waals surface area contributed by atoms with Gasteiger partial charge in [-0.05, 0) is 35.8 Å². The van der Waals surface area contributed by atoms with E-state index in [1.807, 2.05) is 0 Å². The Morgan fingerprint density at radius 3 is 1.82 bits per heavy atom. The summed E-state index contributed by atoms with van der Waals surface area (Å²) in [5.74, 6) is 1.39. The summed E-state index contributed by atoms with van der Waals surface area (Å²) in [5.41, 5.74) is 3.32. The van der Waals surface area contributed by atoms with Crippen molar-refractivity contribution in [2.24, 2.45) is 17.3 Å². The molecule has 0 amide bonds. The van der Waals surface area contributed by atoms with Gasteiger partial charge in [0.1, 0.15) is 0 Å². The minimum atomic E-state index is 0.226. The van der Waals surface area contributed by atoms with Gasteiger partial charge in [-0.25, -0.2) is 0 Å². The van der Waals surface area contributed by atoms with Crippen LogP contribution in [0.15, 0.2) is 48.6 Å². The summed E-state index contributed by atoms with van der Waals surface area (Å²) in [4.78, 5) is 0. The zero-order valence-corrected chi connectivity index (χ0v) is 10.7. The fourth-order valence-corrected chi connectivity index (χ4v) is 2.99. The highest BCUT2D eigenvalue weighted by Crippen LogP contribution is 2.36. The molecule has 0 nitrogen and oxygen atoms in total. The molecule has 0 aliphatic heterocycles. The standard InChI is InChI=1S/C17H20/c1-17(2)9-7-15-11-13-5-3-4-6-14(13)12-16(15)8-10-17/h3-10,15-16H,11-12H2,1-2H3. The lowest BCUT2D eigenvalue weighted by Gasteiger charge is -2.28. The minimum Gasteiger partial charge on any atom is -0.0836 e. The monoisotopic (exact) mass is 224 g/mol. The van der Waals surface area contributed by atoms with Crippen molar-refractivity contribution in [3.63, 3.8) is 0 Å². The van der Waals surface area contributed by atoms with E-state index in [0.29, 0.717) is 11.8 Å². The molecule has 0 heteroatoms. The quantitative estimate of drug-likeness (QED) is 0.580. The zero-order valence-electron chi connectivity index (χ0n) is 10.7. The highest BCUT2D eigenvalue weighted by atomic mass is 14.3. The number of hydrogen-bond donors (Lipinski definition) is 0. The molecule has 0 bridgehead atoms.